The number of carbonyl (C=O) groups excluding carboxylic acids is 1. The number of halogens is 2. The molecule has 21 heavy (non-hydrogen) atoms. The Morgan fingerprint density at radius 3 is 2.57 bits per heavy atom. The fourth-order valence-corrected chi connectivity index (χ4v) is 2.39. The maximum absolute atomic E-state index is 12.8. The topological polar surface area (TPSA) is 64.4 Å². The van der Waals surface area contributed by atoms with Gasteiger partial charge in [-0.05, 0) is 42.9 Å². The van der Waals surface area contributed by atoms with Crippen molar-refractivity contribution in [3.63, 3.8) is 0 Å². The van der Waals surface area contributed by atoms with Gasteiger partial charge in [-0.3, -0.25) is 4.79 Å². The van der Waals surface area contributed by atoms with E-state index in [0.717, 1.165) is 18.4 Å². The van der Waals surface area contributed by atoms with Crippen LogP contribution in [0.15, 0.2) is 24.3 Å². The molecule has 1 fully saturated rings. The van der Waals surface area contributed by atoms with Crippen molar-refractivity contribution in [2.45, 2.75) is 25.3 Å². The molecule has 1 aliphatic rings. The molecule has 2 rings (SSSR count). The highest BCUT2D eigenvalue weighted by Gasteiger charge is 2.26. The smallest absolute Gasteiger partial charge is 0.237 e. The molecule has 3 N–H and O–H groups in total. The van der Waals surface area contributed by atoms with Gasteiger partial charge in [-0.25, -0.2) is 4.39 Å². The molecule has 1 aromatic rings. The van der Waals surface area contributed by atoms with Gasteiger partial charge in [0.05, 0.1) is 6.04 Å². The van der Waals surface area contributed by atoms with Crippen molar-refractivity contribution < 1.29 is 13.9 Å². The van der Waals surface area contributed by atoms with Crippen molar-refractivity contribution in [2.24, 2.45) is 11.7 Å². The second-order valence-corrected chi connectivity index (χ2v) is 5.14. The van der Waals surface area contributed by atoms with Crippen molar-refractivity contribution in [3.05, 3.63) is 35.6 Å². The molecule has 1 aliphatic heterocycles. The number of hydrogen-bond acceptors (Lipinski definition) is 3. The van der Waals surface area contributed by atoms with E-state index < -0.39 is 6.04 Å². The third-order valence-corrected chi connectivity index (χ3v) is 3.70. The predicted octanol–water partition coefficient (Wildman–Crippen LogP) is 1.66. The Bertz CT molecular complexity index is 436. The molecule has 0 bridgehead atoms. The van der Waals surface area contributed by atoms with Crippen LogP contribution in [0.3, 0.4) is 0 Å². The number of carbonyl (C=O) groups is 1. The van der Waals surface area contributed by atoms with Crippen LogP contribution in [0.4, 0.5) is 4.39 Å². The van der Waals surface area contributed by atoms with Gasteiger partial charge in [0, 0.05) is 19.8 Å². The van der Waals surface area contributed by atoms with Gasteiger partial charge in [-0.15, -0.1) is 12.4 Å². The summed E-state index contributed by atoms with van der Waals surface area (Å²) in [6.07, 6.45) is 2.35. The lowest BCUT2D eigenvalue weighted by atomic mass is 9.92. The van der Waals surface area contributed by atoms with Gasteiger partial charge < -0.3 is 15.8 Å². The summed E-state index contributed by atoms with van der Waals surface area (Å²) in [5, 5.41) is 2.84. The number of hydrogen-bond donors (Lipinski definition) is 2. The second kappa shape index (κ2) is 8.97. The highest BCUT2D eigenvalue weighted by molar-refractivity contribution is 5.85. The van der Waals surface area contributed by atoms with Crippen LogP contribution in [0.25, 0.3) is 0 Å². The highest BCUT2D eigenvalue weighted by Crippen LogP contribution is 2.17. The van der Waals surface area contributed by atoms with Crippen LogP contribution in [-0.2, 0) is 16.0 Å². The van der Waals surface area contributed by atoms with Gasteiger partial charge in [-0.1, -0.05) is 12.1 Å². The fourth-order valence-electron chi connectivity index (χ4n) is 2.39. The van der Waals surface area contributed by atoms with Gasteiger partial charge in [-0.2, -0.15) is 0 Å². The minimum Gasteiger partial charge on any atom is -0.381 e. The minimum absolute atomic E-state index is 0. The molecule has 0 saturated carbocycles. The van der Waals surface area contributed by atoms with Crippen LogP contribution in [0.1, 0.15) is 18.4 Å². The second-order valence-electron chi connectivity index (χ2n) is 5.14. The summed E-state index contributed by atoms with van der Waals surface area (Å²) in [6, 6.07) is 5.82. The van der Waals surface area contributed by atoms with E-state index in [4.69, 9.17) is 10.5 Å². The minimum atomic E-state index is -0.466. The average molecular weight is 317 g/mol. The van der Waals surface area contributed by atoms with Crippen molar-refractivity contribution in [1.82, 2.24) is 5.32 Å². The van der Waals surface area contributed by atoms with Crippen molar-refractivity contribution >= 4 is 18.3 Å². The Morgan fingerprint density at radius 1 is 1.33 bits per heavy atom. The van der Waals surface area contributed by atoms with E-state index in [-0.39, 0.29) is 30.0 Å². The van der Waals surface area contributed by atoms with Gasteiger partial charge in [0.15, 0.2) is 0 Å². The van der Waals surface area contributed by atoms with Gasteiger partial charge >= 0.3 is 0 Å². The molecule has 1 atom stereocenters. The SMILES string of the molecule is Cl.NC(C(=O)NCCc1ccc(F)cc1)C1CCOCC1. The Kier molecular flexibility index (Phi) is 7.64. The van der Waals surface area contributed by atoms with Crippen molar-refractivity contribution in [2.75, 3.05) is 19.8 Å². The van der Waals surface area contributed by atoms with E-state index in [1.807, 2.05) is 0 Å². The first-order valence-electron chi connectivity index (χ1n) is 7.02. The fraction of sp³-hybridized carbons (Fsp3) is 0.533. The standard InChI is InChI=1S/C15H21FN2O2.ClH/c16-13-3-1-11(2-4-13)5-8-18-15(19)14(17)12-6-9-20-10-7-12;/h1-4,12,14H,5-10,17H2,(H,18,19);1H. The van der Waals surface area contributed by atoms with Gasteiger partial charge in [0.25, 0.3) is 0 Å². The molecule has 6 heteroatoms. The largest absolute Gasteiger partial charge is 0.381 e. The number of ether oxygens (including phenoxy) is 1. The summed E-state index contributed by atoms with van der Waals surface area (Å²) < 4.78 is 18.0. The molecular weight excluding hydrogens is 295 g/mol. The molecule has 4 nitrogen and oxygen atoms in total. The molecule has 0 aliphatic carbocycles. The quantitative estimate of drug-likeness (QED) is 0.868. The molecule has 1 amide bonds. The summed E-state index contributed by atoms with van der Waals surface area (Å²) in [5.41, 5.74) is 6.97. The summed E-state index contributed by atoms with van der Waals surface area (Å²) >= 11 is 0. The zero-order valence-corrected chi connectivity index (χ0v) is 12.7. The maximum Gasteiger partial charge on any atom is 0.237 e. The maximum atomic E-state index is 12.8. The molecule has 0 spiro atoms. The summed E-state index contributed by atoms with van der Waals surface area (Å²) in [7, 11) is 0. The zero-order chi connectivity index (χ0) is 14.4. The van der Waals surface area contributed by atoms with Gasteiger partial charge in [0.2, 0.25) is 5.91 Å². The lowest BCUT2D eigenvalue weighted by Crippen LogP contribution is -2.47. The zero-order valence-electron chi connectivity index (χ0n) is 11.9. The van der Waals surface area contributed by atoms with E-state index in [1.165, 1.54) is 12.1 Å². The molecule has 0 aromatic heterocycles. The number of nitrogens with one attached hydrogen (secondary N) is 1. The van der Waals surface area contributed by atoms with Gasteiger partial charge in [0.1, 0.15) is 5.82 Å². The molecule has 1 heterocycles. The van der Waals surface area contributed by atoms with Crippen LogP contribution >= 0.6 is 12.4 Å². The van der Waals surface area contributed by atoms with E-state index in [2.05, 4.69) is 5.32 Å². The molecule has 0 radical (unpaired) electrons. The van der Waals surface area contributed by atoms with E-state index in [9.17, 15) is 9.18 Å². The number of nitrogens with two attached hydrogens (primary N) is 1. The summed E-state index contributed by atoms with van der Waals surface area (Å²) in [4.78, 5) is 11.9. The molecule has 118 valence electrons. The Balaban J connectivity index is 0.00000220. The summed E-state index contributed by atoms with van der Waals surface area (Å²) in [6.45, 7) is 1.88. The first-order chi connectivity index (χ1) is 9.66. The molecule has 1 aromatic carbocycles. The number of benzene rings is 1. The normalized spacial score (nSPS) is 16.9. The lowest BCUT2D eigenvalue weighted by molar-refractivity contribution is -0.124. The molecule has 1 saturated heterocycles. The third kappa shape index (κ3) is 5.61. The Labute approximate surface area is 130 Å². The van der Waals surface area contributed by atoms with Crippen molar-refractivity contribution in [1.29, 1.82) is 0 Å². The predicted molar refractivity (Wildman–Crippen MR) is 81.9 cm³/mol. The monoisotopic (exact) mass is 316 g/mol. The first-order valence-corrected chi connectivity index (χ1v) is 7.02. The van der Waals surface area contributed by atoms with Crippen LogP contribution in [0.5, 0.6) is 0 Å². The molecule has 1 unspecified atom stereocenters. The number of rotatable bonds is 5. The number of amides is 1. The molecular formula is C15H22ClFN2O2. The Hall–Kier alpha value is -1.17. The van der Waals surface area contributed by atoms with Crippen LogP contribution in [0.2, 0.25) is 0 Å². The van der Waals surface area contributed by atoms with Crippen molar-refractivity contribution in [3.8, 4) is 0 Å². The average Bonchev–Trinajstić information content (AvgIpc) is 2.49. The lowest BCUT2D eigenvalue weighted by Gasteiger charge is -2.26. The van der Waals surface area contributed by atoms with E-state index in [1.54, 1.807) is 12.1 Å². The summed E-state index contributed by atoms with van der Waals surface area (Å²) in [5.74, 6) is -0.159. The third-order valence-electron chi connectivity index (χ3n) is 3.70. The Morgan fingerprint density at radius 2 is 1.95 bits per heavy atom. The van der Waals surface area contributed by atoms with Crippen LogP contribution < -0.4 is 11.1 Å². The highest BCUT2D eigenvalue weighted by atomic mass is 35.5. The van der Waals surface area contributed by atoms with E-state index in [0.29, 0.717) is 26.2 Å². The van der Waals surface area contributed by atoms with Crippen LogP contribution in [-0.4, -0.2) is 31.7 Å². The first kappa shape index (κ1) is 17.9. The van der Waals surface area contributed by atoms with Crippen LogP contribution in [0, 0.1) is 11.7 Å². The van der Waals surface area contributed by atoms with E-state index >= 15 is 0 Å².